The Bertz CT molecular complexity index is 435. The molecule has 0 radical (unpaired) electrons. The molecular weight excluding hydrogens is 239 g/mol. The van der Waals surface area contributed by atoms with E-state index in [0.29, 0.717) is 6.04 Å². The zero-order valence-corrected chi connectivity index (χ0v) is 12.4. The molecule has 1 aromatic carbocycles. The molecule has 0 aromatic heterocycles. The molecule has 1 aromatic rings. The van der Waals surface area contributed by atoms with Crippen LogP contribution in [0.3, 0.4) is 0 Å². The highest BCUT2D eigenvalue weighted by Gasteiger charge is 2.35. The number of benzene rings is 1. The molecule has 1 N–H and O–H groups in total. The average Bonchev–Trinajstić information content (AvgIpc) is 2.42. The molecule has 1 aliphatic rings. The summed E-state index contributed by atoms with van der Waals surface area (Å²) < 4.78 is 14.0. The largest absolute Gasteiger partial charge is 0.309 e. The van der Waals surface area contributed by atoms with Crippen molar-refractivity contribution in [3.05, 3.63) is 35.6 Å². The quantitative estimate of drug-likeness (QED) is 0.900. The van der Waals surface area contributed by atoms with E-state index in [9.17, 15) is 4.39 Å². The summed E-state index contributed by atoms with van der Waals surface area (Å²) in [7, 11) is 0. The topological polar surface area (TPSA) is 15.3 Å². The summed E-state index contributed by atoms with van der Waals surface area (Å²) in [6.45, 7) is 10.7. The van der Waals surface area contributed by atoms with Crippen molar-refractivity contribution in [2.45, 2.75) is 51.7 Å². The van der Waals surface area contributed by atoms with E-state index in [1.807, 2.05) is 12.1 Å². The monoisotopic (exact) mass is 264 g/mol. The SMILES string of the molecule is CCC1(C)CN(C(C)c2ccccc2F)C(C)CN1. The molecular formula is C16H25FN2. The van der Waals surface area contributed by atoms with Crippen molar-refractivity contribution in [2.24, 2.45) is 0 Å². The Morgan fingerprint density at radius 1 is 1.47 bits per heavy atom. The van der Waals surface area contributed by atoms with Crippen LogP contribution in [0.1, 0.15) is 45.7 Å². The van der Waals surface area contributed by atoms with Gasteiger partial charge in [0.15, 0.2) is 0 Å². The lowest BCUT2D eigenvalue weighted by atomic mass is 9.91. The van der Waals surface area contributed by atoms with Gasteiger partial charge >= 0.3 is 0 Å². The van der Waals surface area contributed by atoms with Gasteiger partial charge in [-0.05, 0) is 33.3 Å². The number of hydrogen-bond acceptors (Lipinski definition) is 2. The lowest BCUT2D eigenvalue weighted by molar-refractivity contribution is 0.0584. The van der Waals surface area contributed by atoms with E-state index in [1.165, 1.54) is 0 Å². The first-order valence-corrected chi connectivity index (χ1v) is 7.22. The van der Waals surface area contributed by atoms with Gasteiger partial charge in [-0.3, -0.25) is 4.90 Å². The van der Waals surface area contributed by atoms with Crippen LogP contribution in [0.25, 0.3) is 0 Å². The van der Waals surface area contributed by atoms with Crippen LogP contribution in [0, 0.1) is 5.82 Å². The van der Waals surface area contributed by atoms with Gasteiger partial charge in [-0.15, -0.1) is 0 Å². The summed E-state index contributed by atoms with van der Waals surface area (Å²) in [5, 5.41) is 3.61. The van der Waals surface area contributed by atoms with Crippen LogP contribution in [0.15, 0.2) is 24.3 Å². The molecule has 3 unspecified atom stereocenters. The fourth-order valence-corrected chi connectivity index (χ4v) is 2.87. The van der Waals surface area contributed by atoms with Crippen LogP contribution in [-0.2, 0) is 0 Å². The van der Waals surface area contributed by atoms with E-state index in [-0.39, 0.29) is 17.4 Å². The van der Waals surface area contributed by atoms with Crippen LogP contribution in [-0.4, -0.2) is 29.6 Å². The summed E-state index contributed by atoms with van der Waals surface area (Å²) in [4.78, 5) is 2.42. The zero-order chi connectivity index (χ0) is 14.0. The van der Waals surface area contributed by atoms with Crippen molar-refractivity contribution in [3.63, 3.8) is 0 Å². The first-order chi connectivity index (χ1) is 8.97. The normalized spacial score (nSPS) is 30.3. The minimum absolute atomic E-state index is 0.0982. The van der Waals surface area contributed by atoms with Crippen molar-refractivity contribution in [1.29, 1.82) is 0 Å². The fourth-order valence-electron chi connectivity index (χ4n) is 2.87. The van der Waals surface area contributed by atoms with E-state index in [2.05, 4.69) is 37.9 Å². The minimum Gasteiger partial charge on any atom is -0.309 e. The van der Waals surface area contributed by atoms with Crippen LogP contribution >= 0.6 is 0 Å². The summed E-state index contributed by atoms with van der Waals surface area (Å²) in [6, 6.07) is 7.66. The van der Waals surface area contributed by atoms with Gasteiger partial charge in [0.05, 0.1) is 0 Å². The Labute approximate surface area is 116 Å². The highest BCUT2D eigenvalue weighted by Crippen LogP contribution is 2.29. The average molecular weight is 264 g/mol. The highest BCUT2D eigenvalue weighted by molar-refractivity contribution is 5.21. The number of piperazine rings is 1. The zero-order valence-electron chi connectivity index (χ0n) is 12.4. The standard InChI is InChI=1S/C16H25FN2/c1-5-16(4)11-19(12(2)10-18-16)13(3)14-8-6-7-9-15(14)17/h6-9,12-13,18H,5,10-11H2,1-4H3. The maximum Gasteiger partial charge on any atom is 0.127 e. The highest BCUT2D eigenvalue weighted by atomic mass is 19.1. The maximum atomic E-state index is 14.0. The molecule has 3 atom stereocenters. The molecule has 1 fully saturated rings. The van der Waals surface area contributed by atoms with Gasteiger partial charge in [0, 0.05) is 36.3 Å². The van der Waals surface area contributed by atoms with Gasteiger partial charge in [-0.2, -0.15) is 0 Å². The summed E-state index contributed by atoms with van der Waals surface area (Å²) in [6.07, 6.45) is 1.08. The van der Waals surface area contributed by atoms with Gasteiger partial charge in [0.1, 0.15) is 5.82 Å². The first-order valence-electron chi connectivity index (χ1n) is 7.22. The third-order valence-electron chi connectivity index (χ3n) is 4.56. The van der Waals surface area contributed by atoms with Gasteiger partial charge in [0.25, 0.3) is 0 Å². The van der Waals surface area contributed by atoms with E-state index < -0.39 is 0 Å². The fraction of sp³-hybridized carbons (Fsp3) is 0.625. The van der Waals surface area contributed by atoms with Crippen molar-refractivity contribution in [2.75, 3.05) is 13.1 Å². The molecule has 0 amide bonds. The Hall–Kier alpha value is -0.930. The van der Waals surface area contributed by atoms with E-state index >= 15 is 0 Å². The predicted octanol–water partition coefficient (Wildman–Crippen LogP) is 3.35. The summed E-state index contributed by atoms with van der Waals surface area (Å²) >= 11 is 0. The van der Waals surface area contributed by atoms with Crippen molar-refractivity contribution < 1.29 is 4.39 Å². The Balaban J connectivity index is 2.22. The Kier molecular flexibility index (Phi) is 4.26. The second-order valence-electron chi connectivity index (χ2n) is 6.01. The number of hydrogen-bond donors (Lipinski definition) is 1. The van der Waals surface area contributed by atoms with Gasteiger partial charge in [0.2, 0.25) is 0 Å². The summed E-state index contributed by atoms with van der Waals surface area (Å²) in [5.41, 5.74) is 0.932. The van der Waals surface area contributed by atoms with E-state index in [4.69, 9.17) is 0 Å². The van der Waals surface area contributed by atoms with Crippen LogP contribution < -0.4 is 5.32 Å². The lowest BCUT2D eigenvalue weighted by Gasteiger charge is -2.47. The molecule has 0 bridgehead atoms. The molecule has 0 saturated carbocycles. The molecule has 106 valence electrons. The molecule has 3 heteroatoms. The second-order valence-corrected chi connectivity index (χ2v) is 6.01. The van der Waals surface area contributed by atoms with Crippen LogP contribution in [0.2, 0.25) is 0 Å². The molecule has 1 saturated heterocycles. The van der Waals surface area contributed by atoms with Gasteiger partial charge < -0.3 is 5.32 Å². The lowest BCUT2D eigenvalue weighted by Crippen LogP contribution is -2.62. The van der Waals surface area contributed by atoms with Crippen molar-refractivity contribution >= 4 is 0 Å². The van der Waals surface area contributed by atoms with Gasteiger partial charge in [-0.25, -0.2) is 4.39 Å². The maximum absolute atomic E-state index is 14.0. The molecule has 0 aliphatic carbocycles. The Morgan fingerprint density at radius 2 is 2.16 bits per heavy atom. The molecule has 0 spiro atoms. The van der Waals surface area contributed by atoms with Crippen molar-refractivity contribution in [3.8, 4) is 0 Å². The Morgan fingerprint density at radius 3 is 2.79 bits per heavy atom. The third kappa shape index (κ3) is 2.98. The first kappa shape index (κ1) is 14.5. The number of nitrogens with zero attached hydrogens (tertiary/aromatic N) is 1. The van der Waals surface area contributed by atoms with Crippen LogP contribution in [0.4, 0.5) is 4.39 Å². The third-order valence-corrected chi connectivity index (χ3v) is 4.56. The predicted molar refractivity (Wildman–Crippen MR) is 77.7 cm³/mol. The van der Waals surface area contributed by atoms with Gasteiger partial charge in [-0.1, -0.05) is 25.1 Å². The molecule has 2 rings (SSSR count). The molecule has 19 heavy (non-hydrogen) atoms. The number of halogens is 1. The van der Waals surface area contributed by atoms with E-state index in [1.54, 1.807) is 12.1 Å². The molecule has 1 heterocycles. The minimum atomic E-state index is -0.0982. The number of nitrogens with one attached hydrogen (secondary N) is 1. The van der Waals surface area contributed by atoms with E-state index in [0.717, 1.165) is 25.1 Å². The molecule has 2 nitrogen and oxygen atoms in total. The van der Waals surface area contributed by atoms with Crippen LogP contribution in [0.5, 0.6) is 0 Å². The van der Waals surface area contributed by atoms with Crippen molar-refractivity contribution in [1.82, 2.24) is 10.2 Å². The number of rotatable bonds is 3. The smallest absolute Gasteiger partial charge is 0.127 e. The summed E-state index contributed by atoms with van der Waals surface area (Å²) in [5.74, 6) is -0.0982. The second kappa shape index (κ2) is 5.59. The molecule has 1 aliphatic heterocycles.